The quantitative estimate of drug-likeness (QED) is 0.156. The highest BCUT2D eigenvalue weighted by molar-refractivity contribution is 6.06. The van der Waals surface area contributed by atoms with E-state index < -0.39 is 0 Å². The Labute approximate surface area is 322 Å². The molecule has 0 spiro atoms. The SMILES string of the molecule is C1=CCCC(N(c2ccccc2)c2ccc3c(c2)Oc2cc(N(c4ccc(-c5ccccc5)cc4)c4ccc(-c5ccccc5)cc4)cc4cccc-3c24)=C1. The van der Waals surface area contributed by atoms with Crippen LogP contribution in [0, 0.1) is 0 Å². The Kier molecular flexibility index (Phi) is 8.31. The van der Waals surface area contributed by atoms with Crippen molar-refractivity contribution in [3.63, 3.8) is 0 Å². The summed E-state index contributed by atoms with van der Waals surface area (Å²) in [7, 11) is 0. The molecule has 55 heavy (non-hydrogen) atoms. The van der Waals surface area contributed by atoms with Crippen molar-refractivity contribution in [3.05, 3.63) is 212 Å². The maximum Gasteiger partial charge on any atom is 0.138 e. The predicted octanol–water partition coefficient (Wildman–Crippen LogP) is 14.8. The molecule has 0 radical (unpaired) electrons. The van der Waals surface area contributed by atoms with E-state index in [4.69, 9.17) is 4.74 Å². The van der Waals surface area contributed by atoms with Crippen molar-refractivity contribution in [2.45, 2.75) is 12.8 Å². The molecule has 0 N–H and O–H groups in total. The fourth-order valence-corrected chi connectivity index (χ4v) is 8.03. The van der Waals surface area contributed by atoms with E-state index >= 15 is 0 Å². The van der Waals surface area contributed by atoms with Gasteiger partial charge in [-0.25, -0.2) is 0 Å². The number of ether oxygens (including phenoxy) is 1. The average molecular weight is 707 g/mol. The molecule has 0 saturated carbocycles. The standard InChI is InChI=1S/C52H38N2O/c1-5-14-37(15-6-1)39-24-28-44(29-25-39)54(45-30-26-40(27-31-45)38-16-7-2-8-17-38)47-34-41-18-13-23-49-48-33-32-46(35-50(48)55-51(36-47)52(41)49)53(42-19-9-3-10-20-42)43-21-11-4-12-22-43/h1-11,13-21,23-36H,12,22H2. The third-order valence-electron chi connectivity index (χ3n) is 10.7. The molecule has 0 atom stereocenters. The van der Waals surface area contributed by atoms with E-state index in [9.17, 15) is 0 Å². The van der Waals surface area contributed by atoms with E-state index in [1.165, 1.54) is 33.5 Å². The second-order valence-electron chi connectivity index (χ2n) is 14.1. The molecule has 0 bridgehead atoms. The number of rotatable bonds is 8. The number of hydrogen-bond donors (Lipinski definition) is 0. The van der Waals surface area contributed by atoms with Crippen LogP contribution in [0.5, 0.6) is 11.5 Å². The van der Waals surface area contributed by atoms with Crippen molar-refractivity contribution in [1.29, 1.82) is 0 Å². The van der Waals surface area contributed by atoms with Gasteiger partial charge in [-0.2, -0.15) is 0 Å². The Morgan fingerprint density at radius 2 is 0.964 bits per heavy atom. The van der Waals surface area contributed by atoms with Crippen molar-refractivity contribution in [2.75, 3.05) is 9.80 Å². The molecule has 0 saturated heterocycles. The zero-order valence-electron chi connectivity index (χ0n) is 30.3. The molecule has 0 unspecified atom stereocenters. The molecule has 3 heteroatoms. The number of para-hydroxylation sites is 1. The highest BCUT2D eigenvalue weighted by Gasteiger charge is 2.25. The molecule has 2 aliphatic rings. The second kappa shape index (κ2) is 14.0. The Balaban J connectivity index is 1.09. The minimum Gasteiger partial charge on any atom is -0.456 e. The van der Waals surface area contributed by atoms with Crippen LogP contribution in [0.3, 0.4) is 0 Å². The molecular formula is C52H38N2O. The number of hydrogen-bond acceptors (Lipinski definition) is 3. The summed E-state index contributed by atoms with van der Waals surface area (Å²) >= 11 is 0. The number of fused-ring (bicyclic) bond motifs is 2. The van der Waals surface area contributed by atoms with E-state index in [0.717, 1.165) is 69.1 Å². The third kappa shape index (κ3) is 6.16. The van der Waals surface area contributed by atoms with Gasteiger partial charge in [-0.3, -0.25) is 0 Å². The van der Waals surface area contributed by atoms with Gasteiger partial charge in [0.2, 0.25) is 0 Å². The van der Waals surface area contributed by atoms with Gasteiger partial charge in [0.1, 0.15) is 11.5 Å². The summed E-state index contributed by atoms with van der Waals surface area (Å²) in [6.45, 7) is 0. The summed E-state index contributed by atoms with van der Waals surface area (Å²) in [6, 6.07) is 67.2. The lowest BCUT2D eigenvalue weighted by Crippen LogP contribution is -2.17. The van der Waals surface area contributed by atoms with E-state index in [2.05, 4.69) is 216 Å². The first-order valence-corrected chi connectivity index (χ1v) is 19.0. The van der Waals surface area contributed by atoms with Crippen molar-refractivity contribution in [1.82, 2.24) is 0 Å². The first-order valence-electron chi connectivity index (χ1n) is 19.0. The second-order valence-corrected chi connectivity index (χ2v) is 14.1. The summed E-state index contributed by atoms with van der Waals surface area (Å²) in [4.78, 5) is 4.70. The molecule has 1 aliphatic heterocycles. The molecule has 1 aliphatic carbocycles. The van der Waals surface area contributed by atoms with Crippen LogP contribution in [-0.2, 0) is 0 Å². The van der Waals surface area contributed by atoms with Crippen LogP contribution in [0.25, 0.3) is 44.2 Å². The molecule has 8 aromatic rings. The lowest BCUT2D eigenvalue weighted by molar-refractivity contribution is 0.487. The summed E-state index contributed by atoms with van der Waals surface area (Å²) in [6.07, 6.45) is 8.62. The van der Waals surface area contributed by atoms with Gasteiger partial charge in [0, 0.05) is 51.5 Å². The lowest BCUT2D eigenvalue weighted by Gasteiger charge is -2.31. The van der Waals surface area contributed by atoms with Crippen molar-refractivity contribution < 1.29 is 4.74 Å². The molecule has 1 heterocycles. The van der Waals surface area contributed by atoms with E-state index in [1.54, 1.807) is 0 Å². The van der Waals surface area contributed by atoms with Crippen molar-refractivity contribution in [3.8, 4) is 44.9 Å². The fraction of sp³-hybridized carbons (Fsp3) is 0.0385. The van der Waals surface area contributed by atoms with Gasteiger partial charge in [0.25, 0.3) is 0 Å². The van der Waals surface area contributed by atoms with Crippen LogP contribution in [-0.4, -0.2) is 0 Å². The number of allylic oxidation sites excluding steroid dienone is 4. The first-order chi connectivity index (χ1) is 27.3. The zero-order chi connectivity index (χ0) is 36.6. The third-order valence-corrected chi connectivity index (χ3v) is 10.7. The first kappa shape index (κ1) is 32.5. The monoisotopic (exact) mass is 706 g/mol. The zero-order valence-corrected chi connectivity index (χ0v) is 30.3. The Morgan fingerprint density at radius 1 is 0.400 bits per heavy atom. The molecule has 0 fully saturated rings. The van der Waals surface area contributed by atoms with Gasteiger partial charge in [-0.05, 0) is 107 Å². The highest BCUT2D eigenvalue weighted by atomic mass is 16.5. The van der Waals surface area contributed by atoms with E-state index in [-0.39, 0.29) is 0 Å². The van der Waals surface area contributed by atoms with Gasteiger partial charge in [0.15, 0.2) is 0 Å². The van der Waals surface area contributed by atoms with E-state index in [1.807, 2.05) is 0 Å². The van der Waals surface area contributed by atoms with Crippen LogP contribution < -0.4 is 14.5 Å². The molecule has 0 aromatic heterocycles. The highest BCUT2D eigenvalue weighted by Crippen LogP contribution is 2.51. The normalized spacial score (nSPS) is 12.8. The number of benzene rings is 8. The largest absolute Gasteiger partial charge is 0.456 e. The van der Waals surface area contributed by atoms with Crippen molar-refractivity contribution >= 4 is 39.2 Å². The number of nitrogens with zero attached hydrogens (tertiary/aromatic N) is 2. The van der Waals surface area contributed by atoms with Gasteiger partial charge in [-0.15, -0.1) is 0 Å². The predicted molar refractivity (Wildman–Crippen MR) is 230 cm³/mol. The topological polar surface area (TPSA) is 15.7 Å². The average Bonchev–Trinajstić information content (AvgIpc) is 3.26. The van der Waals surface area contributed by atoms with Crippen LogP contribution in [0.1, 0.15) is 12.8 Å². The van der Waals surface area contributed by atoms with Crippen LogP contribution in [0.4, 0.5) is 28.4 Å². The lowest BCUT2D eigenvalue weighted by atomic mass is 9.93. The fourth-order valence-electron chi connectivity index (χ4n) is 8.03. The molecule has 262 valence electrons. The summed E-state index contributed by atoms with van der Waals surface area (Å²) in [5.74, 6) is 1.71. The maximum absolute atomic E-state index is 6.99. The molecule has 0 amide bonds. The minimum atomic E-state index is 0.852. The van der Waals surface area contributed by atoms with Crippen LogP contribution in [0.15, 0.2) is 212 Å². The van der Waals surface area contributed by atoms with Crippen LogP contribution >= 0.6 is 0 Å². The molecule has 3 nitrogen and oxygen atoms in total. The summed E-state index contributed by atoms with van der Waals surface area (Å²) in [5.41, 5.74) is 13.7. The smallest absolute Gasteiger partial charge is 0.138 e. The Morgan fingerprint density at radius 3 is 1.58 bits per heavy atom. The van der Waals surface area contributed by atoms with E-state index in [0.29, 0.717) is 0 Å². The van der Waals surface area contributed by atoms with Gasteiger partial charge in [-0.1, -0.05) is 133 Å². The van der Waals surface area contributed by atoms with Crippen LogP contribution in [0.2, 0.25) is 0 Å². The Bertz CT molecular complexity index is 2620. The maximum atomic E-state index is 6.99. The summed E-state index contributed by atoms with van der Waals surface area (Å²) in [5, 5.41) is 2.27. The molecule has 10 rings (SSSR count). The van der Waals surface area contributed by atoms with Gasteiger partial charge in [0.05, 0.1) is 5.69 Å². The van der Waals surface area contributed by atoms with Gasteiger partial charge < -0.3 is 14.5 Å². The Hall–Kier alpha value is -7.10. The summed E-state index contributed by atoms with van der Waals surface area (Å²) < 4.78 is 6.99. The minimum absolute atomic E-state index is 0.852. The number of anilines is 5. The molecule has 8 aromatic carbocycles. The van der Waals surface area contributed by atoms with Gasteiger partial charge >= 0.3 is 0 Å². The molecular weight excluding hydrogens is 669 g/mol. The van der Waals surface area contributed by atoms with Crippen molar-refractivity contribution in [2.24, 2.45) is 0 Å².